The number of nitrogens with zero attached hydrogens (tertiary/aromatic N) is 2. The van der Waals surface area contributed by atoms with Gasteiger partial charge in [0.05, 0.1) is 16.9 Å². The first-order valence-electron chi connectivity index (χ1n) is 11.6. The minimum absolute atomic E-state index is 0.164. The lowest BCUT2D eigenvalue weighted by Crippen LogP contribution is -2.51. The summed E-state index contributed by atoms with van der Waals surface area (Å²) >= 11 is 0. The molecule has 0 saturated heterocycles. The number of hydrogen-bond acceptors (Lipinski definition) is 5. The fraction of sp³-hybridized carbons (Fsp3) is 0.185. The Kier molecular flexibility index (Phi) is 5.15. The van der Waals surface area contributed by atoms with Gasteiger partial charge < -0.3 is 19.5 Å². The van der Waals surface area contributed by atoms with E-state index in [1.807, 2.05) is 30.1 Å². The van der Waals surface area contributed by atoms with Crippen molar-refractivity contribution in [3.63, 3.8) is 0 Å². The molecular weight excluding hydrogens is 463 g/mol. The molecular formula is C27H23FN4O4. The minimum Gasteiger partial charge on any atom is -0.489 e. The summed E-state index contributed by atoms with van der Waals surface area (Å²) < 4.78 is 19.9. The third kappa shape index (κ3) is 3.47. The molecule has 6 rings (SSSR count). The normalized spacial score (nSPS) is 16.4. The lowest BCUT2D eigenvalue weighted by molar-refractivity contribution is 0.0633. The zero-order chi connectivity index (χ0) is 25.0. The summed E-state index contributed by atoms with van der Waals surface area (Å²) in [5.74, 6) is -0.442. The van der Waals surface area contributed by atoms with Gasteiger partial charge in [-0.05, 0) is 66.1 Å². The number of aromatic amines is 1. The van der Waals surface area contributed by atoms with E-state index in [0.29, 0.717) is 42.1 Å². The van der Waals surface area contributed by atoms with Gasteiger partial charge in [0.1, 0.15) is 24.3 Å². The van der Waals surface area contributed by atoms with Crippen molar-refractivity contribution in [3.8, 4) is 5.75 Å². The van der Waals surface area contributed by atoms with Crippen LogP contribution in [0.3, 0.4) is 0 Å². The highest BCUT2D eigenvalue weighted by Gasteiger charge is 2.41. The minimum atomic E-state index is -0.565. The number of rotatable bonds is 4. The largest absolute Gasteiger partial charge is 0.489 e. The number of carbonyl (C=O) groups excluding carboxylic acids is 2. The Hall–Kier alpha value is -4.37. The molecule has 2 aliphatic heterocycles. The van der Waals surface area contributed by atoms with Crippen LogP contribution in [-0.2, 0) is 13.0 Å². The van der Waals surface area contributed by atoms with Crippen LogP contribution in [0.5, 0.6) is 5.75 Å². The summed E-state index contributed by atoms with van der Waals surface area (Å²) in [4.78, 5) is 32.0. The third-order valence-electron chi connectivity index (χ3n) is 6.99. The van der Waals surface area contributed by atoms with Gasteiger partial charge in [0, 0.05) is 30.1 Å². The van der Waals surface area contributed by atoms with E-state index in [1.54, 1.807) is 40.7 Å². The SMILES string of the molecule is CN1c2ccc(F)cc2C(=O)N2CCc3c([nH]c4ccc(OCc5ccc(C(=O)NO)cc5)cc34)C21. The van der Waals surface area contributed by atoms with Crippen molar-refractivity contribution < 1.29 is 23.9 Å². The average Bonchev–Trinajstić information content (AvgIpc) is 3.28. The topological polar surface area (TPSA) is 97.9 Å². The second-order valence-electron chi connectivity index (χ2n) is 9.05. The molecule has 0 bridgehead atoms. The number of H-pyrrole nitrogens is 1. The molecule has 0 saturated carbocycles. The molecule has 8 nitrogen and oxygen atoms in total. The number of ether oxygens (including phenoxy) is 1. The predicted molar refractivity (Wildman–Crippen MR) is 131 cm³/mol. The third-order valence-corrected chi connectivity index (χ3v) is 6.99. The van der Waals surface area contributed by atoms with Gasteiger partial charge in [0.25, 0.3) is 11.8 Å². The van der Waals surface area contributed by atoms with E-state index in [0.717, 1.165) is 27.7 Å². The molecule has 0 fully saturated rings. The van der Waals surface area contributed by atoms with E-state index in [1.165, 1.54) is 12.1 Å². The van der Waals surface area contributed by atoms with Crippen LogP contribution >= 0.6 is 0 Å². The van der Waals surface area contributed by atoms with Crippen LogP contribution in [0.1, 0.15) is 43.7 Å². The maximum absolute atomic E-state index is 13.8. The summed E-state index contributed by atoms with van der Waals surface area (Å²) in [5.41, 5.74) is 7.00. The molecule has 0 spiro atoms. The smallest absolute Gasteiger partial charge is 0.274 e. The van der Waals surface area contributed by atoms with E-state index in [9.17, 15) is 14.0 Å². The molecule has 36 heavy (non-hydrogen) atoms. The fourth-order valence-corrected chi connectivity index (χ4v) is 5.21. The molecule has 0 aliphatic carbocycles. The number of halogens is 1. The number of anilines is 1. The molecule has 2 amide bonds. The lowest BCUT2D eigenvalue weighted by atomic mass is 9.96. The quantitative estimate of drug-likeness (QED) is 0.297. The lowest BCUT2D eigenvalue weighted by Gasteiger charge is -2.46. The van der Waals surface area contributed by atoms with Crippen molar-refractivity contribution in [1.29, 1.82) is 0 Å². The van der Waals surface area contributed by atoms with Gasteiger partial charge in [0.2, 0.25) is 0 Å². The van der Waals surface area contributed by atoms with Gasteiger partial charge >= 0.3 is 0 Å². The maximum atomic E-state index is 13.8. The molecule has 4 aromatic rings. The highest BCUT2D eigenvalue weighted by molar-refractivity contribution is 6.02. The van der Waals surface area contributed by atoms with Crippen LogP contribution in [0, 0.1) is 5.82 Å². The van der Waals surface area contributed by atoms with Gasteiger partial charge in [-0.1, -0.05) is 12.1 Å². The van der Waals surface area contributed by atoms with Crippen LogP contribution in [0.25, 0.3) is 10.9 Å². The Bertz CT molecular complexity index is 1510. The zero-order valence-corrected chi connectivity index (χ0v) is 19.4. The summed E-state index contributed by atoms with van der Waals surface area (Å²) in [7, 11) is 1.92. The summed E-state index contributed by atoms with van der Waals surface area (Å²) in [6, 6.07) is 17.0. The first-order chi connectivity index (χ1) is 17.4. The number of amides is 2. The second kappa shape index (κ2) is 8.39. The Labute approximate surface area is 205 Å². The van der Waals surface area contributed by atoms with Crippen molar-refractivity contribution in [2.45, 2.75) is 19.2 Å². The maximum Gasteiger partial charge on any atom is 0.274 e. The van der Waals surface area contributed by atoms with Crippen LogP contribution < -0.4 is 15.1 Å². The Morgan fingerprint density at radius 3 is 2.75 bits per heavy atom. The summed E-state index contributed by atoms with van der Waals surface area (Å²) in [6.07, 6.45) is 0.374. The molecule has 182 valence electrons. The standard InChI is InChI=1S/C27H23FN4O4/c1-31-23-9-6-17(28)12-21(23)27(34)32-11-10-19-20-13-18(7-8-22(20)29-24(19)26(31)32)36-14-15-2-4-16(5-3-15)25(33)30-35/h2-9,12-13,26,29,35H,10-11,14H2,1H3,(H,30,33). The molecule has 9 heteroatoms. The fourth-order valence-electron chi connectivity index (χ4n) is 5.21. The molecule has 1 aromatic heterocycles. The highest BCUT2D eigenvalue weighted by Crippen LogP contribution is 2.43. The van der Waals surface area contributed by atoms with Crippen LogP contribution in [0.4, 0.5) is 10.1 Å². The second-order valence-corrected chi connectivity index (χ2v) is 9.05. The van der Waals surface area contributed by atoms with Crippen molar-refractivity contribution >= 4 is 28.4 Å². The number of nitrogens with one attached hydrogen (secondary N) is 2. The Morgan fingerprint density at radius 1 is 1.17 bits per heavy atom. The molecule has 1 unspecified atom stereocenters. The Balaban J connectivity index is 1.28. The number of carbonyl (C=O) groups is 2. The van der Waals surface area contributed by atoms with Crippen molar-refractivity contribution in [3.05, 3.63) is 94.4 Å². The monoisotopic (exact) mass is 486 g/mol. The zero-order valence-electron chi connectivity index (χ0n) is 19.4. The van der Waals surface area contributed by atoms with E-state index in [-0.39, 0.29) is 12.1 Å². The summed E-state index contributed by atoms with van der Waals surface area (Å²) in [5, 5.41) is 9.79. The number of benzene rings is 3. The first kappa shape index (κ1) is 22.1. The van der Waals surface area contributed by atoms with E-state index < -0.39 is 11.7 Å². The van der Waals surface area contributed by atoms with Crippen LogP contribution in [-0.4, -0.2) is 40.5 Å². The number of hydrogen-bond donors (Lipinski definition) is 3. The molecule has 3 aromatic carbocycles. The van der Waals surface area contributed by atoms with E-state index in [4.69, 9.17) is 9.94 Å². The van der Waals surface area contributed by atoms with Gasteiger partial charge in [-0.25, -0.2) is 9.87 Å². The van der Waals surface area contributed by atoms with Crippen molar-refractivity contribution in [2.24, 2.45) is 0 Å². The van der Waals surface area contributed by atoms with Gasteiger partial charge in [-0.15, -0.1) is 0 Å². The average molecular weight is 487 g/mol. The number of hydroxylamine groups is 1. The molecule has 3 heterocycles. The van der Waals surface area contributed by atoms with Gasteiger partial charge in [-0.2, -0.15) is 0 Å². The van der Waals surface area contributed by atoms with Gasteiger partial charge in [-0.3, -0.25) is 14.8 Å². The Morgan fingerprint density at radius 2 is 1.97 bits per heavy atom. The molecule has 0 radical (unpaired) electrons. The van der Waals surface area contributed by atoms with Crippen LogP contribution in [0.15, 0.2) is 60.7 Å². The van der Waals surface area contributed by atoms with E-state index >= 15 is 0 Å². The van der Waals surface area contributed by atoms with E-state index in [2.05, 4.69) is 4.98 Å². The first-order valence-corrected chi connectivity index (χ1v) is 11.6. The number of aromatic nitrogens is 1. The van der Waals surface area contributed by atoms with Crippen LogP contribution in [0.2, 0.25) is 0 Å². The van der Waals surface area contributed by atoms with Crippen molar-refractivity contribution in [2.75, 3.05) is 18.5 Å². The predicted octanol–water partition coefficient (Wildman–Crippen LogP) is 4.15. The summed E-state index contributed by atoms with van der Waals surface area (Å²) in [6.45, 7) is 0.850. The number of fused-ring (bicyclic) bond motifs is 6. The highest BCUT2D eigenvalue weighted by atomic mass is 19.1. The molecule has 1 atom stereocenters. The molecule has 2 aliphatic rings. The van der Waals surface area contributed by atoms with Gasteiger partial charge in [0.15, 0.2) is 0 Å². The van der Waals surface area contributed by atoms with Crippen molar-refractivity contribution in [1.82, 2.24) is 15.4 Å². The molecule has 3 N–H and O–H groups in total.